The molecule has 5 heteroatoms. The number of rotatable bonds is 2. The van der Waals surface area contributed by atoms with Gasteiger partial charge in [0.15, 0.2) is 8.32 Å². The molecule has 2 fully saturated rings. The highest BCUT2D eigenvalue weighted by Gasteiger charge is 2.49. The van der Waals surface area contributed by atoms with E-state index in [0.717, 1.165) is 25.7 Å². The Kier molecular flexibility index (Phi) is 4.71. The number of hydrogen-bond donors (Lipinski definition) is 1. The van der Waals surface area contributed by atoms with Gasteiger partial charge in [-0.3, -0.25) is 0 Å². The normalized spacial score (nSPS) is 29.1. The van der Waals surface area contributed by atoms with Crippen LogP contribution in [0, 0.1) is 11.3 Å². The number of likely N-dealkylation sites (tertiary alicyclic amines) is 1. The number of carbonyl (C=O) groups is 1. The van der Waals surface area contributed by atoms with Gasteiger partial charge in [0, 0.05) is 19.2 Å². The number of piperidine rings is 1. The topological polar surface area (TPSA) is 49.8 Å². The fraction of sp³-hybridized carbons (Fsp3) is 0.941. The summed E-state index contributed by atoms with van der Waals surface area (Å²) in [5.41, 5.74) is 0.305. The summed E-state index contributed by atoms with van der Waals surface area (Å²) in [6.45, 7) is 15.2. The van der Waals surface area contributed by atoms with Crippen molar-refractivity contribution in [3.8, 4) is 0 Å². The Labute approximate surface area is 136 Å². The zero-order chi connectivity index (χ0) is 16.8. The van der Waals surface area contributed by atoms with E-state index in [9.17, 15) is 4.79 Å². The van der Waals surface area contributed by atoms with Crippen molar-refractivity contribution >= 4 is 14.4 Å². The predicted molar refractivity (Wildman–Crippen MR) is 91.7 cm³/mol. The van der Waals surface area contributed by atoms with E-state index in [2.05, 4.69) is 40.8 Å². The standard InChI is InChI=1S/C17H33NO3Si/c1-13-11-14(21-22(5,6)16(2,3)4)12-17(13)7-9-18(10-8-17)15(19)20/h13-14H,7-12H2,1-6H3,(H,19,20). The zero-order valence-corrected chi connectivity index (χ0v) is 16.1. The van der Waals surface area contributed by atoms with Gasteiger partial charge in [0.1, 0.15) is 0 Å². The van der Waals surface area contributed by atoms with Gasteiger partial charge in [-0.2, -0.15) is 0 Å². The molecule has 2 rings (SSSR count). The third-order valence-electron chi connectivity index (χ3n) is 6.59. The van der Waals surface area contributed by atoms with Crippen molar-refractivity contribution in [1.29, 1.82) is 0 Å². The molecule has 1 saturated carbocycles. The van der Waals surface area contributed by atoms with E-state index < -0.39 is 14.4 Å². The first-order chi connectivity index (χ1) is 9.97. The lowest BCUT2D eigenvalue weighted by Crippen LogP contribution is -2.45. The van der Waals surface area contributed by atoms with E-state index in [-0.39, 0.29) is 5.04 Å². The first-order valence-corrected chi connectivity index (χ1v) is 11.5. The van der Waals surface area contributed by atoms with Crippen molar-refractivity contribution in [3.63, 3.8) is 0 Å². The fourth-order valence-corrected chi connectivity index (χ4v) is 5.27. The molecule has 0 aromatic carbocycles. The van der Waals surface area contributed by atoms with Crippen LogP contribution < -0.4 is 0 Å². The summed E-state index contributed by atoms with van der Waals surface area (Å²) in [4.78, 5) is 12.7. The van der Waals surface area contributed by atoms with E-state index in [0.29, 0.717) is 30.5 Å². The van der Waals surface area contributed by atoms with Gasteiger partial charge in [-0.1, -0.05) is 27.7 Å². The van der Waals surface area contributed by atoms with Crippen molar-refractivity contribution in [2.75, 3.05) is 13.1 Å². The van der Waals surface area contributed by atoms with Crippen molar-refractivity contribution in [3.05, 3.63) is 0 Å². The molecule has 1 aliphatic heterocycles. The SMILES string of the molecule is CC1CC(O[Si](C)(C)C(C)(C)C)CC12CCN(C(=O)O)CC2. The van der Waals surface area contributed by atoms with E-state index in [1.807, 2.05) is 0 Å². The highest BCUT2D eigenvalue weighted by molar-refractivity contribution is 6.74. The lowest BCUT2D eigenvalue weighted by molar-refractivity contribution is 0.0640. The summed E-state index contributed by atoms with van der Waals surface area (Å²) in [6.07, 6.45) is 3.85. The van der Waals surface area contributed by atoms with Crippen LogP contribution in [-0.4, -0.2) is 43.6 Å². The molecule has 1 aliphatic carbocycles. The summed E-state index contributed by atoms with van der Waals surface area (Å²) in [5, 5.41) is 9.39. The first kappa shape index (κ1) is 17.8. The highest BCUT2D eigenvalue weighted by Crippen LogP contribution is 2.52. The molecule has 128 valence electrons. The first-order valence-electron chi connectivity index (χ1n) is 8.63. The molecule has 1 heterocycles. The van der Waals surface area contributed by atoms with Gasteiger partial charge in [0.25, 0.3) is 0 Å². The quantitative estimate of drug-likeness (QED) is 0.756. The number of amides is 1. The monoisotopic (exact) mass is 327 g/mol. The molecule has 1 saturated heterocycles. The molecule has 0 aromatic rings. The van der Waals surface area contributed by atoms with Crippen LogP contribution in [0.25, 0.3) is 0 Å². The van der Waals surface area contributed by atoms with Crippen molar-refractivity contribution in [2.24, 2.45) is 11.3 Å². The second-order valence-electron chi connectivity index (χ2n) is 8.97. The molecule has 1 N–H and O–H groups in total. The largest absolute Gasteiger partial charge is 0.465 e. The second kappa shape index (κ2) is 5.82. The average Bonchev–Trinajstić information content (AvgIpc) is 2.64. The molecule has 4 nitrogen and oxygen atoms in total. The van der Waals surface area contributed by atoms with E-state index in [1.54, 1.807) is 4.90 Å². The maximum absolute atomic E-state index is 11.1. The minimum absolute atomic E-state index is 0.249. The lowest BCUT2D eigenvalue weighted by Gasteiger charge is -2.42. The maximum Gasteiger partial charge on any atom is 0.407 e. The summed E-state index contributed by atoms with van der Waals surface area (Å²) < 4.78 is 6.64. The molecule has 1 amide bonds. The minimum atomic E-state index is -1.72. The van der Waals surface area contributed by atoms with Crippen LogP contribution in [0.5, 0.6) is 0 Å². The molecule has 22 heavy (non-hydrogen) atoms. The van der Waals surface area contributed by atoms with Gasteiger partial charge < -0.3 is 14.4 Å². The number of hydrogen-bond acceptors (Lipinski definition) is 2. The Morgan fingerprint density at radius 1 is 1.27 bits per heavy atom. The van der Waals surface area contributed by atoms with Gasteiger partial charge in [0.05, 0.1) is 0 Å². The smallest absolute Gasteiger partial charge is 0.407 e. The van der Waals surface area contributed by atoms with E-state index in [4.69, 9.17) is 9.53 Å². The van der Waals surface area contributed by atoms with Crippen LogP contribution in [0.1, 0.15) is 53.4 Å². The molecule has 2 aliphatic rings. The summed E-state index contributed by atoms with van der Waals surface area (Å²) in [7, 11) is -1.72. The summed E-state index contributed by atoms with van der Waals surface area (Å²) in [5.74, 6) is 0.637. The Hall–Kier alpha value is -0.553. The Morgan fingerprint density at radius 3 is 2.27 bits per heavy atom. The fourth-order valence-electron chi connectivity index (χ4n) is 3.91. The van der Waals surface area contributed by atoms with Crippen LogP contribution in [-0.2, 0) is 4.43 Å². The van der Waals surface area contributed by atoms with Gasteiger partial charge in [-0.15, -0.1) is 0 Å². The van der Waals surface area contributed by atoms with E-state index >= 15 is 0 Å². The van der Waals surface area contributed by atoms with Crippen LogP contribution in [0.15, 0.2) is 0 Å². The molecule has 0 bridgehead atoms. The highest BCUT2D eigenvalue weighted by atomic mass is 28.4. The average molecular weight is 328 g/mol. The van der Waals surface area contributed by atoms with Crippen molar-refractivity contribution < 1.29 is 14.3 Å². The maximum atomic E-state index is 11.1. The van der Waals surface area contributed by atoms with Gasteiger partial charge in [-0.25, -0.2) is 4.79 Å². The van der Waals surface area contributed by atoms with Crippen molar-refractivity contribution in [1.82, 2.24) is 4.90 Å². The van der Waals surface area contributed by atoms with Crippen LogP contribution in [0.3, 0.4) is 0 Å². The summed E-state index contributed by atoms with van der Waals surface area (Å²) in [6, 6.07) is 0. The van der Waals surface area contributed by atoms with Crippen LogP contribution in [0.4, 0.5) is 4.79 Å². The minimum Gasteiger partial charge on any atom is -0.465 e. The van der Waals surface area contributed by atoms with Crippen LogP contribution >= 0.6 is 0 Å². The Balaban J connectivity index is 2.00. The second-order valence-corrected chi connectivity index (χ2v) is 13.7. The molecular formula is C17H33NO3Si. The van der Waals surface area contributed by atoms with E-state index in [1.165, 1.54) is 0 Å². The Morgan fingerprint density at radius 2 is 1.82 bits per heavy atom. The number of carboxylic acid groups (broad SMARTS) is 1. The predicted octanol–water partition coefficient (Wildman–Crippen LogP) is 4.57. The van der Waals surface area contributed by atoms with Crippen LogP contribution in [0.2, 0.25) is 18.1 Å². The van der Waals surface area contributed by atoms with Gasteiger partial charge >= 0.3 is 6.09 Å². The molecule has 1 spiro atoms. The summed E-state index contributed by atoms with van der Waals surface area (Å²) >= 11 is 0. The zero-order valence-electron chi connectivity index (χ0n) is 15.1. The Bertz CT molecular complexity index is 422. The number of nitrogens with zero attached hydrogens (tertiary/aromatic N) is 1. The molecule has 2 atom stereocenters. The molecule has 0 aromatic heterocycles. The van der Waals surface area contributed by atoms with Gasteiger partial charge in [0.2, 0.25) is 0 Å². The van der Waals surface area contributed by atoms with Gasteiger partial charge in [-0.05, 0) is 55.1 Å². The third kappa shape index (κ3) is 3.35. The van der Waals surface area contributed by atoms with Crippen molar-refractivity contribution in [2.45, 2.75) is 77.6 Å². The molecule has 0 radical (unpaired) electrons. The molecule has 2 unspecified atom stereocenters. The molecular weight excluding hydrogens is 294 g/mol. The lowest BCUT2D eigenvalue weighted by atomic mass is 9.71. The third-order valence-corrected chi connectivity index (χ3v) is 11.1.